The van der Waals surface area contributed by atoms with Crippen molar-refractivity contribution in [2.75, 3.05) is 0 Å². The van der Waals surface area contributed by atoms with Gasteiger partial charge in [-0.25, -0.2) is 0 Å². The van der Waals surface area contributed by atoms with Gasteiger partial charge in [0, 0.05) is 18.2 Å². The maximum Gasteiger partial charge on any atom is 0.162 e. The van der Waals surface area contributed by atoms with Crippen LogP contribution in [0.5, 0.6) is 0 Å². The summed E-state index contributed by atoms with van der Waals surface area (Å²) in [5.41, 5.74) is 1.42. The van der Waals surface area contributed by atoms with Gasteiger partial charge in [-0.15, -0.1) is 10.2 Å². The quantitative estimate of drug-likeness (QED) is 0.751. The first kappa shape index (κ1) is 10.3. The van der Waals surface area contributed by atoms with Crippen molar-refractivity contribution in [1.82, 2.24) is 14.6 Å². The maximum absolute atomic E-state index is 8.85. The van der Waals surface area contributed by atoms with E-state index < -0.39 is 0 Å². The van der Waals surface area contributed by atoms with Gasteiger partial charge in [-0.2, -0.15) is 5.26 Å². The van der Waals surface area contributed by atoms with E-state index >= 15 is 0 Å². The minimum atomic E-state index is 0.534. The van der Waals surface area contributed by atoms with Crippen LogP contribution in [0.25, 0.3) is 5.65 Å². The van der Waals surface area contributed by atoms with E-state index in [-0.39, 0.29) is 0 Å². The molecule has 0 radical (unpaired) electrons. The number of nitrogens with zero attached hydrogens (tertiary/aromatic N) is 4. The van der Waals surface area contributed by atoms with Crippen molar-refractivity contribution in [1.29, 1.82) is 5.26 Å². The van der Waals surface area contributed by atoms with Crippen LogP contribution in [0.2, 0.25) is 0 Å². The zero-order chi connectivity index (χ0) is 11.7. The lowest BCUT2D eigenvalue weighted by molar-refractivity contribution is 0.426. The Bertz CT molecular complexity index is 573. The molecule has 0 amide bonds. The standard InChI is InChI=1S/C13H14N4/c14-9-10-6-7-17-12(8-10)15-16-13(17)11-4-2-1-3-5-11/h6-8,11H,1-5H2. The molecular formula is C13H14N4. The van der Waals surface area contributed by atoms with E-state index in [9.17, 15) is 0 Å². The molecule has 1 aliphatic rings. The molecule has 0 saturated heterocycles. The van der Waals surface area contributed by atoms with Crippen molar-refractivity contribution in [3.8, 4) is 6.07 Å². The molecule has 0 unspecified atom stereocenters. The Balaban J connectivity index is 2.03. The Kier molecular flexibility index (Phi) is 2.52. The minimum Gasteiger partial charge on any atom is -0.286 e. The van der Waals surface area contributed by atoms with Gasteiger partial charge in [0.15, 0.2) is 5.65 Å². The first-order chi connectivity index (χ1) is 8.38. The zero-order valence-electron chi connectivity index (χ0n) is 9.63. The summed E-state index contributed by atoms with van der Waals surface area (Å²) >= 11 is 0. The average molecular weight is 226 g/mol. The summed E-state index contributed by atoms with van der Waals surface area (Å²) in [6.45, 7) is 0. The highest BCUT2D eigenvalue weighted by Crippen LogP contribution is 2.31. The van der Waals surface area contributed by atoms with Crippen LogP contribution in [0, 0.1) is 11.3 Å². The van der Waals surface area contributed by atoms with E-state index in [2.05, 4.69) is 16.3 Å². The lowest BCUT2D eigenvalue weighted by Gasteiger charge is -2.19. The average Bonchev–Trinajstić information content (AvgIpc) is 2.82. The van der Waals surface area contributed by atoms with Gasteiger partial charge in [-0.05, 0) is 18.9 Å². The summed E-state index contributed by atoms with van der Waals surface area (Å²) in [6.07, 6.45) is 8.25. The van der Waals surface area contributed by atoms with Gasteiger partial charge in [0.05, 0.1) is 11.6 Å². The monoisotopic (exact) mass is 226 g/mol. The molecule has 0 aliphatic heterocycles. The predicted molar refractivity (Wildman–Crippen MR) is 63.5 cm³/mol. The molecule has 3 rings (SSSR count). The maximum atomic E-state index is 8.85. The van der Waals surface area contributed by atoms with Gasteiger partial charge in [-0.1, -0.05) is 19.3 Å². The molecule has 2 aromatic heterocycles. The van der Waals surface area contributed by atoms with Gasteiger partial charge >= 0.3 is 0 Å². The summed E-state index contributed by atoms with van der Waals surface area (Å²) in [5, 5.41) is 17.3. The molecule has 0 N–H and O–H groups in total. The molecule has 0 spiro atoms. The highest BCUT2D eigenvalue weighted by molar-refractivity contribution is 5.45. The summed E-state index contributed by atoms with van der Waals surface area (Å²) < 4.78 is 2.02. The van der Waals surface area contributed by atoms with Crippen molar-refractivity contribution in [3.63, 3.8) is 0 Å². The predicted octanol–water partition coefficient (Wildman–Crippen LogP) is 2.65. The van der Waals surface area contributed by atoms with E-state index in [1.807, 2.05) is 16.7 Å². The van der Waals surface area contributed by atoms with Gasteiger partial charge in [0.2, 0.25) is 0 Å². The minimum absolute atomic E-state index is 0.534. The summed E-state index contributed by atoms with van der Waals surface area (Å²) in [5.74, 6) is 1.59. The van der Waals surface area contributed by atoms with E-state index in [0.29, 0.717) is 11.5 Å². The number of nitriles is 1. The highest BCUT2D eigenvalue weighted by Gasteiger charge is 2.20. The largest absolute Gasteiger partial charge is 0.286 e. The zero-order valence-corrected chi connectivity index (χ0v) is 9.63. The second kappa shape index (κ2) is 4.17. The van der Waals surface area contributed by atoms with Crippen LogP contribution in [-0.4, -0.2) is 14.6 Å². The second-order valence-electron chi connectivity index (χ2n) is 4.65. The third kappa shape index (κ3) is 1.78. The third-order valence-corrected chi connectivity index (χ3v) is 3.54. The number of fused-ring (bicyclic) bond motifs is 1. The number of rotatable bonds is 1. The molecule has 17 heavy (non-hydrogen) atoms. The van der Waals surface area contributed by atoms with E-state index in [0.717, 1.165) is 11.5 Å². The van der Waals surface area contributed by atoms with Crippen molar-refractivity contribution in [2.24, 2.45) is 0 Å². The fourth-order valence-corrected chi connectivity index (χ4v) is 2.62. The van der Waals surface area contributed by atoms with Crippen LogP contribution in [0.15, 0.2) is 18.3 Å². The lowest BCUT2D eigenvalue weighted by Crippen LogP contribution is -2.08. The van der Waals surface area contributed by atoms with Crippen LogP contribution >= 0.6 is 0 Å². The fraction of sp³-hybridized carbons (Fsp3) is 0.462. The van der Waals surface area contributed by atoms with Gasteiger partial charge in [0.25, 0.3) is 0 Å². The summed E-state index contributed by atoms with van der Waals surface area (Å²) in [7, 11) is 0. The SMILES string of the molecule is N#Cc1ccn2c(C3CCCCC3)nnc2c1. The van der Waals surface area contributed by atoms with Crippen molar-refractivity contribution in [2.45, 2.75) is 38.0 Å². The van der Waals surface area contributed by atoms with Crippen molar-refractivity contribution >= 4 is 5.65 Å². The van der Waals surface area contributed by atoms with Crippen LogP contribution in [-0.2, 0) is 0 Å². The molecule has 0 aromatic carbocycles. The van der Waals surface area contributed by atoms with E-state index in [1.165, 1.54) is 32.1 Å². The van der Waals surface area contributed by atoms with Crippen LogP contribution < -0.4 is 0 Å². The summed E-state index contributed by atoms with van der Waals surface area (Å²) in [6, 6.07) is 5.74. The number of hydrogen-bond donors (Lipinski definition) is 0. The topological polar surface area (TPSA) is 54.0 Å². The Hall–Kier alpha value is -1.89. The van der Waals surface area contributed by atoms with Crippen LogP contribution in [0.1, 0.15) is 49.4 Å². The second-order valence-corrected chi connectivity index (χ2v) is 4.65. The van der Waals surface area contributed by atoms with Gasteiger partial charge < -0.3 is 0 Å². The smallest absolute Gasteiger partial charge is 0.162 e. The van der Waals surface area contributed by atoms with Crippen molar-refractivity contribution < 1.29 is 0 Å². The third-order valence-electron chi connectivity index (χ3n) is 3.54. The first-order valence-corrected chi connectivity index (χ1v) is 6.13. The molecule has 4 heteroatoms. The molecule has 1 fully saturated rings. The molecule has 2 heterocycles. The normalized spacial score (nSPS) is 17.1. The van der Waals surface area contributed by atoms with E-state index in [4.69, 9.17) is 5.26 Å². The van der Waals surface area contributed by atoms with Crippen molar-refractivity contribution in [3.05, 3.63) is 29.7 Å². The van der Waals surface area contributed by atoms with Gasteiger partial charge in [-0.3, -0.25) is 4.40 Å². The Morgan fingerprint density at radius 1 is 1.24 bits per heavy atom. The molecule has 0 atom stereocenters. The van der Waals surface area contributed by atoms with Crippen LogP contribution in [0.4, 0.5) is 0 Å². The number of aromatic nitrogens is 3. The molecule has 86 valence electrons. The molecule has 1 saturated carbocycles. The Morgan fingerprint density at radius 2 is 2.06 bits per heavy atom. The molecule has 1 aliphatic carbocycles. The number of hydrogen-bond acceptors (Lipinski definition) is 3. The highest BCUT2D eigenvalue weighted by atomic mass is 15.2. The Morgan fingerprint density at radius 3 is 2.82 bits per heavy atom. The Labute approximate surface area is 99.9 Å². The van der Waals surface area contributed by atoms with E-state index in [1.54, 1.807) is 6.07 Å². The fourth-order valence-electron chi connectivity index (χ4n) is 2.62. The molecule has 4 nitrogen and oxygen atoms in total. The molecule has 0 bridgehead atoms. The molecule has 2 aromatic rings. The van der Waals surface area contributed by atoms with Crippen LogP contribution in [0.3, 0.4) is 0 Å². The molecular weight excluding hydrogens is 212 g/mol. The number of pyridine rings is 1. The first-order valence-electron chi connectivity index (χ1n) is 6.13. The lowest BCUT2D eigenvalue weighted by atomic mass is 9.89. The summed E-state index contributed by atoms with van der Waals surface area (Å²) in [4.78, 5) is 0. The van der Waals surface area contributed by atoms with Gasteiger partial charge in [0.1, 0.15) is 5.82 Å².